The molecule has 0 spiro atoms. The first-order valence-electron chi connectivity index (χ1n) is 5.23. The summed E-state index contributed by atoms with van der Waals surface area (Å²) in [7, 11) is 4.74. The van der Waals surface area contributed by atoms with E-state index in [1.165, 1.54) is 0 Å². The van der Waals surface area contributed by atoms with Gasteiger partial charge in [-0.2, -0.15) is 0 Å². The summed E-state index contributed by atoms with van der Waals surface area (Å²) in [5.41, 5.74) is 0.800. The Bertz CT molecular complexity index is 392. The molecule has 0 aliphatic carbocycles. The van der Waals surface area contributed by atoms with Crippen molar-refractivity contribution in [2.24, 2.45) is 0 Å². The van der Waals surface area contributed by atoms with Crippen molar-refractivity contribution in [3.05, 3.63) is 23.8 Å². The van der Waals surface area contributed by atoms with E-state index in [1.54, 1.807) is 39.5 Å². The normalized spacial score (nSPS) is 11.9. The van der Waals surface area contributed by atoms with Crippen molar-refractivity contribution in [2.45, 2.75) is 12.5 Å². The predicted octanol–water partition coefficient (Wildman–Crippen LogP) is 0.919. The van der Waals surface area contributed by atoms with Gasteiger partial charge in [-0.25, -0.2) is 0 Å². The molecule has 94 valence electrons. The summed E-state index contributed by atoms with van der Waals surface area (Å²) in [6, 6.07) is 4.68. The molecule has 1 rings (SSSR count). The van der Waals surface area contributed by atoms with E-state index in [9.17, 15) is 4.79 Å². The Morgan fingerprint density at radius 1 is 1.41 bits per heavy atom. The maximum atomic E-state index is 11.0. The van der Waals surface area contributed by atoms with Crippen molar-refractivity contribution in [2.75, 3.05) is 21.3 Å². The first kappa shape index (κ1) is 13.3. The third kappa shape index (κ3) is 3.35. The Balaban J connectivity index is 2.97. The molecule has 5 nitrogen and oxygen atoms in total. The van der Waals surface area contributed by atoms with Gasteiger partial charge in [0.25, 0.3) is 0 Å². The molecule has 2 N–H and O–H groups in total. The van der Waals surface area contributed by atoms with E-state index in [0.717, 1.165) is 5.56 Å². The number of hydrogen-bond acceptors (Lipinski definition) is 4. The molecule has 0 radical (unpaired) electrons. The molecule has 0 heterocycles. The van der Waals surface area contributed by atoms with Crippen LogP contribution in [0.15, 0.2) is 18.2 Å². The molecule has 1 atom stereocenters. The van der Waals surface area contributed by atoms with Crippen LogP contribution in [-0.4, -0.2) is 38.4 Å². The van der Waals surface area contributed by atoms with E-state index in [4.69, 9.17) is 14.6 Å². The molecule has 0 saturated heterocycles. The molecule has 0 amide bonds. The molecule has 0 aliphatic rings. The van der Waals surface area contributed by atoms with E-state index in [1.807, 2.05) is 0 Å². The van der Waals surface area contributed by atoms with Crippen molar-refractivity contribution in [3.63, 3.8) is 0 Å². The zero-order chi connectivity index (χ0) is 12.8. The van der Waals surface area contributed by atoms with Gasteiger partial charge in [-0.1, -0.05) is 0 Å². The van der Waals surface area contributed by atoms with Crippen LogP contribution in [0.5, 0.6) is 11.5 Å². The molecule has 0 fully saturated rings. The number of carboxylic acid groups (broad SMARTS) is 1. The number of carbonyl (C=O) groups is 1. The maximum absolute atomic E-state index is 11.0. The SMILES string of the molecule is CNC(Cc1cc(OC)ccc1OC)C(=O)O. The second-order valence-electron chi connectivity index (χ2n) is 3.56. The van der Waals surface area contributed by atoms with Gasteiger partial charge in [0.05, 0.1) is 14.2 Å². The van der Waals surface area contributed by atoms with Crippen molar-refractivity contribution in [1.29, 1.82) is 0 Å². The monoisotopic (exact) mass is 239 g/mol. The van der Waals surface area contributed by atoms with Crippen LogP contribution < -0.4 is 14.8 Å². The number of nitrogens with one attached hydrogen (secondary N) is 1. The fraction of sp³-hybridized carbons (Fsp3) is 0.417. The lowest BCUT2D eigenvalue weighted by molar-refractivity contribution is -0.139. The number of hydrogen-bond donors (Lipinski definition) is 2. The summed E-state index contributed by atoms with van der Waals surface area (Å²) >= 11 is 0. The summed E-state index contributed by atoms with van der Waals surface area (Å²) in [6.45, 7) is 0. The number of likely N-dealkylation sites (N-methyl/N-ethyl adjacent to an activating group) is 1. The van der Waals surface area contributed by atoms with Gasteiger partial charge < -0.3 is 19.9 Å². The minimum Gasteiger partial charge on any atom is -0.497 e. The standard InChI is InChI=1S/C12H17NO4/c1-13-10(12(14)15)7-8-6-9(16-2)4-5-11(8)17-3/h4-6,10,13H,7H2,1-3H3,(H,14,15). The van der Waals surface area contributed by atoms with Gasteiger partial charge in [0, 0.05) is 6.42 Å². The second-order valence-corrected chi connectivity index (χ2v) is 3.56. The molecule has 17 heavy (non-hydrogen) atoms. The molecule has 0 aromatic heterocycles. The first-order valence-corrected chi connectivity index (χ1v) is 5.23. The number of benzene rings is 1. The van der Waals surface area contributed by atoms with E-state index in [-0.39, 0.29) is 0 Å². The minimum absolute atomic E-state index is 0.339. The summed E-state index contributed by atoms with van der Waals surface area (Å²) < 4.78 is 10.3. The number of carboxylic acids is 1. The summed E-state index contributed by atoms with van der Waals surface area (Å²) in [6.07, 6.45) is 0.339. The highest BCUT2D eigenvalue weighted by Gasteiger charge is 2.18. The highest BCUT2D eigenvalue weighted by molar-refractivity contribution is 5.74. The number of aliphatic carboxylic acids is 1. The molecule has 0 aliphatic heterocycles. The van der Waals surface area contributed by atoms with Gasteiger partial charge in [0.2, 0.25) is 0 Å². The molecule has 1 unspecified atom stereocenters. The number of ether oxygens (including phenoxy) is 2. The molecule has 5 heteroatoms. The Morgan fingerprint density at radius 2 is 2.12 bits per heavy atom. The van der Waals surface area contributed by atoms with E-state index < -0.39 is 12.0 Å². The topological polar surface area (TPSA) is 67.8 Å². The Kier molecular flexibility index (Phi) is 4.78. The molecule has 1 aromatic rings. The predicted molar refractivity (Wildman–Crippen MR) is 63.7 cm³/mol. The lowest BCUT2D eigenvalue weighted by Crippen LogP contribution is -2.35. The zero-order valence-corrected chi connectivity index (χ0v) is 10.2. The van der Waals surface area contributed by atoms with Crippen molar-refractivity contribution in [3.8, 4) is 11.5 Å². The maximum Gasteiger partial charge on any atom is 0.321 e. The van der Waals surface area contributed by atoms with Crippen LogP contribution in [0.2, 0.25) is 0 Å². The molecular formula is C12H17NO4. The van der Waals surface area contributed by atoms with Gasteiger partial charge in [-0.15, -0.1) is 0 Å². The minimum atomic E-state index is -0.891. The van der Waals surface area contributed by atoms with Crippen LogP contribution in [-0.2, 0) is 11.2 Å². The fourth-order valence-corrected chi connectivity index (χ4v) is 1.57. The van der Waals surface area contributed by atoms with Gasteiger partial charge in [-0.05, 0) is 30.8 Å². The van der Waals surface area contributed by atoms with Crippen LogP contribution in [0.1, 0.15) is 5.56 Å². The third-order valence-corrected chi connectivity index (χ3v) is 2.56. The zero-order valence-electron chi connectivity index (χ0n) is 10.2. The molecule has 0 bridgehead atoms. The number of rotatable bonds is 6. The van der Waals surface area contributed by atoms with Crippen LogP contribution in [0, 0.1) is 0 Å². The Labute approximate surface area is 100 Å². The largest absolute Gasteiger partial charge is 0.497 e. The highest BCUT2D eigenvalue weighted by Crippen LogP contribution is 2.25. The number of methoxy groups -OCH3 is 2. The highest BCUT2D eigenvalue weighted by atomic mass is 16.5. The van der Waals surface area contributed by atoms with Crippen LogP contribution in [0.25, 0.3) is 0 Å². The quantitative estimate of drug-likeness (QED) is 0.772. The average molecular weight is 239 g/mol. The van der Waals surface area contributed by atoms with Gasteiger partial charge in [0.15, 0.2) is 0 Å². The second kappa shape index (κ2) is 6.10. The van der Waals surface area contributed by atoms with E-state index in [2.05, 4.69) is 5.32 Å². The van der Waals surface area contributed by atoms with Gasteiger partial charge in [-0.3, -0.25) is 4.79 Å². The third-order valence-electron chi connectivity index (χ3n) is 2.56. The Hall–Kier alpha value is -1.75. The van der Waals surface area contributed by atoms with Gasteiger partial charge >= 0.3 is 5.97 Å². The van der Waals surface area contributed by atoms with Gasteiger partial charge in [0.1, 0.15) is 17.5 Å². The van der Waals surface area contributed by atoms with Crippen LogP contribution in [0.3, 0.4) is 0 Å². The molecule has 1 aromatic carbocycles. The van der Waals surface area contributed by atoms with Crippen molar-refractivity contribution in [1.82, 2.24) is 5.32 Å². The fourth-order valence-electron chi connectivity index (χ4n) is 1.57. The summed E-state index contributed by atoms with van der Waals surface area (Å²) in [5.74, 6) is 0.450. The average Bonchev–Trinajstić information content (AvgIpc) is 2.35. The molecular weight excluding hydrogens is 222 g/mol. The lowest BCUT2D eigenvalue weighted by atomic mass is 10.0. The lowest BCUT2D eigenvalue weighted by Gasteiger charge is -2.14. The van der Waals surface area contributed by atoms with E-state index in [0.29, 0.717) is 17.9 Å². The Morgan fingerprint density at radius 3 is 2.59 bits per heavy atom. The van der Waals surface area contributed by atoms with Crippen molar-refractivity contribution >= 4 is 5.97 Å². The van der Waals surface area contributed by atoms with Crippen LogP contribution >= 0.6 is 0 Å². The van der Waals surface area contributed by atoms with Crippen molar-refractivity contribution < 1.29 is 19.4 Å². The molecule has 0 saturated carbocycles. The van der Waals surface area contributed by atoms with Crippen LogP contribution in [0.4, 0.5) is 0 Å². The summed E-state index contributed by atoms with van der Waals surface area (Å²) in [4.78, 5) is 11.0. The smallest absolute Gasteiger partial charge is 0.321 e. The summed E-state index contributed by atoms with van der Waals surface area (Å²) in [5, 5.41) is 11.7. The van der Waals surface area contributed by atoms with E-state index >= 15 is 0 Å². The first-order chi connectivity index (χ1) is 8.12.